The number of piperidine rings is 1. The van der Waals surface area contributed by atoms with Gasteiger partial charge in [-0.1, -0.05) is 13.8 Å². The first-order chi connectivity index (χ1) is 9.11. The number of carbonyl (C=O) groups is 1. The Morgan fingerprint density at radius 2 is 2.26 bits per heavy atom. The van der Waals surface area contributed by atoms with Gasteiger partial charge in [-0.25, -0.2) is 9.97 Å². The normalized spacial score (nSPS) is 23.4. The molecule has 5 heteroatoms. The molecule has 1 aliphatic heterocycles. The summed E-state index contributed by atoms with van der Waals surface area (Å²) in [6.07, 6.45) is 4.73. The van der Waals surface area contributed by atoms with Crippen LogP contribution in [0.3, 0.4) is 0 Å². The predicted molar refractivity (Wildman–Crippen MR) is 73.2 cm³/mol. The second kappa shape index (κ2) is 5.55. The third-order valence-corrected chi connectivity index (χ3v) is 4.10. The smallest absolute Gasteiger partial charge is 0.311 e. The minimum atomic E-state index is -0.690. The van der Waals surface area contributed by atoms with Crippen LogP contribution in [0.2, 0.25) is 0 Å². The molecule has 1 unspecified atom stereocenters. The first-order valence-electron chi connectivity index (χ1n) is 6.90. The number of carboxylic acid groups (broad SMARTS) is 1. The Morgan fingerprint density at radius 3 is 2.89 bits per heavy atom. The number of anilines is 1. The largest absolute Gasteiger partial charge is 0.481 e. The van der Waals surface area contributed by atoms with Crippen molar-refractivity contribution in [3.05, 3.63) is 18.1 Å². The van der Waals surface area contributed by atoms with Crippen LogP contribution in [0.1, 0.15) is 38.8 Å². The van der Waals surface area contributed by atoms with Crippen molar-refractivity contribution in [1.29, 1.82) is 0 Å². The Balaban J connectivity index is 2.23. The summed E-state index contributed by atoms with van der Waals surface area (Å²) >= 11 is 0. The SMILES string of the molecule is CCc1cc(N2CCCC(CC)(C(=O)O)C2)ncn1. The van der Waals surface area contributed by atoms with Gasteiger partial charge >= 0.3 is 5.97 Å². The van der Waals surface area contributed by atoms with E-state index in [0.717, 1.165) is 37.3 Å². The van der Waals surface area contributed by atoms with Crippen molar-refractivity contribution in [1.82, 2.24) is 9.97 Å². The maximum atomic E-state index is 11.5. The number of carboxylic acids is 1. The second-order valence-corrected chi connectivity index (χ2v) is 5.19. The molecule has 5 nitrogen and oxygen atoms in total. The Bertz CT molecular complexity index is 464. The first-order valence-corrected chi connectivity index (χ1v) is 6.90. The van der Waals surface area contributed by atoms with E-state index in [4.69, 9.17) is 0 Å². The monoisotopic (exact) mass is 263 g/mol. The summed E-state index contributed by atoms with van der Waals surface area (Å²) in [7, 11) is 0. The fourth-order valence-corrected chi connectivity index (χ4v) is 2.69. The highest BCUT2D eigenvalue weighted by Gasteiger charge is 2.41. The van der Waals surface area contributed by atoms with Gasteiger partial charge in [-0.3, -0.25) is 4.79 Å². The minimum absolute atomic E-state index is 0.541. The van der Waals surface area contributed by atoms with Gasteiger partial charge in [0, 0.05) is 24.8 Å². The number of aryl methyl sites for hydroxylation is 1. The second-order valence-electron chi connectivity index (χ2n) is 5.19. The molecular weight excluding hydrogens is 242 g/mol. The summed E-state index contributed by atoms with van der Waals surface area (Å²) in [4.78, 5) is 22.1. The Kier molecular flexibility index (Phi) is 4.02. The molecule has 0 amide bonds. The zero-order valence-corrected chi connectivity index (χ0v) is 11.6. The molecule has 1 aromatic heterocycles. The van der Waals surface area contributed by atoms with Crippen molar-refractivity contribution >= 4 is 11.8 Å². The van der Waals surface area contributed by atoms with Crippen LogP contribution in [0.15, 0.2) is 12.4 Å². The summed E-state index contributed by atoms with van der Waals surface area (Å²) < 4.78 is 0. The van der Waals surface area contributed by atoms with E-state index in [0.29, 0.717) is 13.0 Å². The average Bonchev–Trinajstić information content (AvgIpc) is 2.47. The van der Waals surface area contributed by atoms with E-state index in [-0.39, 0.29) is 0 Å². The fraction of sp³-hybridized carbons (Fsp3) is 0.643. The van der Waals surface area contributed by atoms with E-state index < -0.39 is 11.4 Å². The molecule has 1 fully saturated rings. The maximum absolute atomic E-state index is 11.5. The number of aliphatic carboxylic acids is 1. The molecule has 0 radical (unpaired) electrons. The highest BCUT2D eigenvalue weighted by atomic mass is 16.4. The number of hydrogen-bond acceptors (Lipinski definition) is 4. The Labute approximate surface area is 113 Å². The van der Waals surface area contributed by atoms with E-state index in [2.05, 4.69) is 21.8 Å². The lowest BCUT2D eigenvalue weighted by atomic mass is 9.77. The maximum Gasteiger partial charge on any atom is 0.311 e. The van der Waals surface area contributed by atoms with Crippen molar-refractivity contribution in [3.63, 3.8) is 0 Å². The van der Waals surface area contributed by atoms with Gasteiger partial charge in [-0.15, -0.1) is 0 Å². The molecule has 2 heterocycles. The van der Waals surface area contributed by atoms with Crippen LogP contribution in [0.4, 0.5) is 5.82 Å². The molecule has 1 aromatic rings. The van der Waals surface area contributed by atoms with Crippen LogP contribution in [0, 0.1) is 5.41 Å². The number of rotatable bonds is 4. The molecule has 104 valence electrons. The molecule has 0 aromatic carbocycles. The van der Waals surface area contributed by atoms with Gasteiger partial charge in [-0.05, 0) is 25.7 Å². The van der Waals surface area contributed by atoms with Crippen LogP contribution in [-0.2, 0) is 11.2 Å². The summed E-state index contributed by atoms with van der Waals surface area (Å²) in [5.41, 5.74) is 0.364. The third kappa shape index (κ3) is 2.69. The topological polar surface area (TPSA) is 66.3 Å². The van der Waals surface area contributed by atoms with Crippen LogP contribution in [0.5, 0.6) is 0 Å². The molecule has 1 saturated heterocycles. The van der Waals surface area contributed by atoms with Crippen molar-refractivity contribution < 1.29 is 9.90 Å². The molecule has 2 rings (SSSR count). The molecule has 0 bridgehead atoms. The summed E-state index contributed by atoms with van der Waals surface area (Å²) in [6, 6.07) is 1.97. The molecule has 19 heavy (non-hydrogen) atoms. The zero-order valence-electron chi connectivity index (χ0n) is 11.6. The summed E-state index contributed by atoms with van der Waals surface area (Å²) in [5, 5.41) is 9.49. The van der Waals surface area contributed by atoms with Gasteiger partial charge in [0.15, 0.2) is 0 Å². The molecule has 1 N–H and O–H groups in total. The molecule has 0 spiro atoms. The lowest BCUT2D eigenvalue weighted by Gasteiger charge is -2.40. The van der Waals surface area contributed by atoms with E-state index in [1.165, 1.54) is 0 Å². The van der Waals surface area contributed by atoms with Gasteiger partial charge < -0.3 is 10.0 Å². The van der Waals surface area contributed by atoms with Crippen molar-refractivity contribution in [2.75, 3.05) is 18.0 Å². The summed E-state index contributed by atoms with van der Waals surface area (Å²) in [5.74, 6) is 0.162. The molecule has 0 saturated carbocycles. The molecule has 0 aliphatic carbocycles. The van der Waals surface area contributed by atoms with E-state index in [1.807, 2.05) is 13.0 Å². The van der Waals surface area contributed by atoms with Gasteiger partial charge in [-0.2, -0.15) is 0 Å². The molecule has 1 aliphatic rings. The Hall–Kier alpha value is -1.65. The standard InChI is InChI=1S/C14H21N3O2/c1-3-11-8-12(16-10-15-11)17-7-5-6-14(4-2,9-17)13(18)19/h8,10H,3-7,9H2,1-2H3,(H,18,19). The van der Waals surface area contributed by atoms with Crippen LogP contribution >= 0.6 is 0 Å². The lowest BCUT2D eigenvalue weighted by Crippen LogP contribution is -2.48. The Morgan fingerprint density at radius 1 is 1.47 bits per heavy atom. The highest BCUT2D eigenvalue weighted by molar-refractivity contribution is 5.76. The lowest BCUT2D eigenvalue weighted by molar-refractivity contribution is -0.149. The minimum Gasteiger partial charge on any atom is -0.481 e. The van der Waals surface area contributed by atoms with Crippen LogP contribution < -0.4 is 4.90 Å². The van der Waals surface area contributed by atoms with Gasteiger partial charge in [0.2, 0.25) is 0 Å². The van der Waals surface area contributed by atoms with Gasteiger partial charge in [0.1, 0.15) is 12.1 Å². The van der Waals surface area contributed by atoms with Crippen LogP contribution in [0.25, 0.3) is 0 Å². The van der Waals surface area contributed by atoms with E-state index in [9.17, 15) is 9.90 Å². The number of nitrogens with zero attached hydrogens (tertiary/aromatic N) is 3. The zero-order chi connectivity index (χ0) is 13.9. The predicted octanol–water partition coefficient (Wildman–Crippen LogP) is 2.12. The summed E-state index contributed by atoms with van der Waals surface area (Å²) in [6.45, 7) is 5.42. The molecular formula is C14H21N3O2. The highest BCUT2D eigenvalue weighted by Crippen LogP contribution is 2.35. The fourth-order valence-electron chi connectivity index (χ4n) is 2.69. The van der Waals surface area contributed by atoms with E-state index >= 15 is 0 Å². The van der Waals surface area contributed by atoms with Crippen molar-refractivity contribution in [2.24, 2.45) is 5.41 Å². The number of aromatic nitrogens is 2. The van der Waals surface area contributed by atoms with Gasteiger partial charge in [0.05, 0.1) is 5.41 Å². The van der Waals surface area contributed by atoms with Crippen molar-refractivity contribution in [2.45, 2.75) is 39.5 Å². The van der Waals surface area contributed by atoms with Crippen LogP contribution in [-0.4, -0.2) is 34.1 Å². The third-order valence-electron chi connectivity index (χ3n) is 4.10. The van der Waals surface area contributed by atoms with Crippen molar-refractivity contribution in [3.8, 4) is 0 Å². The average molecular weight is 263 g/mol. The molecule has 1 atom stereocenters. The quantitative estimate of drug-likeness (QED) is 0.901. The number of hydrogen-bond donors (Lipinski definition) is 1. The van der Waals surface area contributed by atoms with Gasteiger partial charge in [0.25, 0.3) is 0 Å². The van der Waals surface area contributed by atoms with E-state index in [1.54, 1.807) is 6.33 Å². The first kappa shape index (κ1) is 13.8.